The standard InChI is InChI=1S/C17H23N5O2.ClH/c1-24-13-7-5-12(6-8-13)15-20-14(21-22-15)11-19-16(23)17(18)9-3-2-4-10-17;/h5-8H,2-4,9-11,18H2,1H3,(H,19,23)(H,20,21,22);1H. The third-order valence-electron chi connectivity index (χ3n) is 4.49. The second-order valence-corrected chi connectivity index (χ2v) is 6.23. The summed E-state index contributed by atoms with van der Waals surface area (Å²) in [5.41, 5.74) is 6.36. The third kappa shape index (κ3) is 4.49. The first-order chi connectivity index (χ1) is 11.6. The molecule has 0 saturated heterocycles. The Balaban J connectivity index is 0.00000225. The van der Waals surface area contributed by atoms with Gasteiger partial charge in [-0.15, -0.1) is 12.4 Å². The number of carbonyl (C=O) groups excluding carboxylic acids is 1. The molecule has 1 saturated carbocycles. The molecule has 0 bridgehead atoms. The average Bonchev–Trinajstić information content (AvgIpc) is 3.09. The average molecular weight is 366 g/mol. The van der Waals surface area contributed by atoms with Crippen LogP contribution >= 0.6 is 12.4 Å². The van der Waals surface area contributed by atoms with Crippen molar-refractivity contribution < 1.29 is 9.53 Å². The van der Waals surface area contributed by atoms with E-state index in [9.17, 15) is 4.79 Å². The number of carbonyl (C=O) groups is 1. The summed E-state index contributed by atoms with van der Waals surface area (Å²) in [6, 6.07) is 7.49. The molecule has 3 rings (SSSR count). The van der Waals surface area contributed by atoms with E-state index in [0.717, 1.165) is 43.4 Å². The van der Waals surface area contributed by atoms with E-state index in [0.29, 0.717) is 18.2 Å². The normalized spacial score (nSPS) is 15.9. The Morgan fingerprint density at radius 2 is 1.96 bits per heavy atom. The maximum absolute atomic E-state index is 12.3. The second kappa shape index (κ2) is 8.31. The van der Waals surface area contributed by atoms with Crippen molar-refractivity contribution in [3.05, 3.63) is 30.1 Å². The number of nitrogens with one attached hydrogen (secondary N) is 2. The van der Waals surface area contributed by atoms with Gasteiger partial charge >= 0.3 is 0 Å². The minimum atomic E-state index is -0.739. The van der Waals surface area contributed by atoms with E-state index in [4.69, 9.17) is 10.5 Å². The highest BCUT2D eigenvalue weighted by Gasteiger charge is 2.35. The van der Waals surface area contributed by atoms with Crippen LogP contribution in [-0.2, 0) is 11.3 Å². The molecular weight excluding hydrogens is 342 g/mol. The number of benzene rings is 1. The first-order valence-corrected chi connectivity index (χ1v) is 8.24. The van der Waals surface area contributed by atoms with Crippen LogP contribution in [0.2, 0.25) is 0 Å². The van der Waals surface area contributed by atoms with E-state index < -0.39 is 5.54 Å². The number of halogens is 1. The Bertz CT molecular complexity index is 695. The monoisotopic (exact) mass is 365 g/mol. The third-order valence-corrected chi connectivity index (χ3v) is 4.49. The van der Waals surface area contributed by atoms with E-state index in [2.05, 4.69) is 20.5 Å². The highest BCUT2D eigenvalue weighted by atomic mass is 35.5. The van der Waals surface area contributed by atoms with Crippen molar-refractivity contribution in [3.8, 4) is 17.1 Å². The number of methoxy groups -OCH3 is 1. The van der Waals surface area contributed by atoms with E-state index in [-0.39, 0.29) is 18.3 Å². The van der Waals surface area contributed by atoms with Crippen molar-refractivity contribution in [1.29, 1.82) is 0 Å². The molecule has 1 amide bonds. The van der Waals surface area contributed by atoms with Crippen molar-refractivity contribution in [2.75, 3.05) is 7.11 Å². The van der Waals surface area contributed by atoms with Crippen LogP contribution in [-0.4, -0.2) is 33.7 Å². The van der Waals surface area contributed by atoms with Crippen molar-refractivity contribution in [1.82, 2.24) is 20.5 Å². The van der Waals surface area contributed by atoms with Gasteiger partial charge in [0.2, 0.25) is 5.91 Å². The van der Waals surface area contributed by atoms with Gasteiger partial charge in [0.05, 0.1) is 19.2 Å². The number of amides is 1. The van der Waals surface area contributed by atoms with Gasteiger partial charge in [0.25, 0.3) is 0 Å². The number of ether oxygens (including phenoxy) is 1. The van der Waals surface area contributed by atoms with E-state index in [1.807, 2.05) is 24.3 Å². The molecule has 1 aromatic carbocycles. The highest BCUT2D eigenvalue weighted by Crippen LogP contribution is 2.26. The minimum absolute atomic E-state index is 0. The lowest BCUT2D eigenvalue weighted by Crippen LogP contribution is -2.54. The molecule has 7 nitrogen and oxygen atoms in total. The highest BCUT2D eigenvalue weighted by molar-refractivity contribution is 5.86. The topological polar surface area (TPSA) is 106 Å². The molecule has 25 heavy (non-hydrogen) atoms. The molecule has 8 heteroatoms. The van der Waals surface area contributed by atoms with Crippen molar-refractivity contribution in [2.24, 2.45) is 5.73 Å². The minimum Gasteiger partial charge on any atom is -0.497 e. The van der Waals surface area contributed by atoms with Gasteiger partial charge in [-0.1, -0.05) is 19.3 Å². The fourth-order valence-corrected chi connectivity index (χ4v) is 2.99. The molecule has 0 aliphatic heterocycles. The van der Waals surface area contributed by atoms with Gasteiger partial charge in [-0.25, -0.2) is 4.98 Å². The summed E-state index contributed by atoms with van der Waals surface area (Å²) < 4.78 is 5.13. The number of nitrogens with two attached hydrogens (primary N) is 1. The summed E-state index contributed by atoms with van der Waals surface area (Å²) in [7, 11) is 1.62. The maximum Gasteiger partial charge on any atom is 0.240 e. The smallest absolute Gasteiger partial charge is 0.240 e. The van der Waals surface area contributed by atoms with Gasteiger partial charge in [0.15, 0.2) is 5.82 Å². The second-order valence-electron chi connectivity index (χ2n) is 6.23. The first-order valence-electron chi connectivity index (χ1n) is 8.24. The van der Waals surface area contributed by atoms with Crippen LogP contribution in [0.1, 0.15) is 37.9 Å². The fraction of sp³-hybridized carbons (Fsp3) is 0.471. The van der Waals surface area contributed by atoms with Crippen molar-refractivity contribution >= 4 is 18.3 Å². The summed E-state index contributed by atoms with van der Waals surface area (Å²) in [6.45, 7) is 0.293. The van der Waals surface area contributed by atoms with Crippen LogP contribution in [0, 0.1) is 0 Å². The van der Waals surface area contributed by atoms with Gasteiger partial charge in [0.1, 0.15) is 11.6 Å². The van der Waals surface area contributed by atoms with Crippen LogP contribution in [0.3, 0.4) is 0 Å². The Morgan fingerprint density at radius 1 is 1.28 bits per heavy atom. The van der Waals surface area contributed by atoms with Crippen molar-refractivity contribution in [2.45, 2.75) is 44.2 Å². The number of rotatable bonds is 5. The zero-order valence-corrected chi connectivity index (χ0v) is 15.1. The molecule has 1 aliphatic rings. The van der Waals surface area contributed by atoms with E-state index in [1.165, 1.54) is 0 Å². The van der Waals surface area contributed by atoms with Gasteiger partial charge in [-0.05, 0) is 37.1 Å². The first kappa shape index (κ1) is 19.2. The lowest BCUT2D eigenvalue weighted by molar-refractivity contribution is -0.127. The quantitative estimate of drug-likeness (QED) is 0.753. The molecule has 136 valence electrons. The molecule has 0 radical (unpaired) electrons. The maximum atomic E-state index is 12.3. The molecule has 2 aromatic rings. The predicted octanol–water partition coefficient (Wildman–Crippen LogP) is 2.18. The van der Waals surface area contributed by atoms with Gasteiger partial charge in [-0.2, -0.15) is 5.10 Å². The lowest BCUT2D eigenvalue weighted by Gasteiger charge is -2.31. The Kier molecular flexibility index (Phi) is 6.39. The fourth-order valence-electron chi connectivity index (χ4n) is 2.99. The zero-order chi connectivity index (χ0) is 17.0. The number of hydrogen-bond acceptors (Lipinski definition) is 5. The molecule has 1 heterocycles. The lowest BCUT2D eigenvalue weighted by atomic mass is 9.82. The number of nitrogens with zero attached hydrogens (tertiary/aromatic N) is 2. The summed E-state index contributed by atoms with van der Waals surface area (Å²) in [6.07, 6.45) is 4.65. The predicted molar refractivity (Wildman–Crippen MR) is 97.5 cm³/mol. The number of hydrogen-bond donors (Lipinski definition) is 3. The van der Waals surface area contributed by atoms with Crippen LogP contribution in [0.15, 0.2) is 24.3 Å². The van der Waals surface area contributed by atoms with Gasteiger partial charge < -0.3 is 15.8 Å². The van der Waals surface area contributed by atoms with E-state index in [1.54, 1.807) is 7.11 Å². The summed E-state index contributed by atoms with van der Waals surface area (Å²) in [5, 5.41) is 9.92. The number of aromatic amines is 1. The van der Waals surface area contributed by atoms with Crippen LogP contribution < -0.4 is 15.8 Å². The molecule has 0 atom stereocenters. The molecule has 0 spiro atoms. The van der Waals surface area contributed by atoms with E-state index >= 15 is 0 Å². The Labute approximate surface area is 153 Å². The number of aromatic nitrogens is 3. The van der Waals surface area contributed by atoms with Gasteiger partial charge in [-0.3, -0.25) is 9.89 Å². The molecule has 1 aromatic heterocycles. The van der Waals surface area contributed by atoms with Crippen LogP contribution in [0.4, 0.5) is 0 Å². The van der Waals surface area contributed by atoms with Crippen LogP contribution in [0.5, 0.6) is 5.75 Å². The largest absolute Gasteiger partial charge is 0.497 e. The Morgan fingerprint density at radius 3 is 2.60 bits per heavy atom. The summed E-state index contributed by atoms with van der Waals surface area (Å²) in [4.78, 5) is 16.7. The summed E-state index contributed by atoms with van der Waals surface area (Å²) in [5.74, 6) is 1.86. The molecular formula is C17H24ClN5O2. The summed E-state index contributed by atoms with van der Waals surface area (Å²) >= 11 is 0. The Hall–Kier alpha value is -2.12. The zero-order valence-electron chi connectivity index (χ0n) is 14.2. The van der Waals surface area contributed by atoms with Crippen LogP contribution in [0.25, 0.3) is 11.4 Å². The molecule has 1 aliphatic carbocycles. The molecule has 0 unspecified atom stereocenters. The molecule has 1 fully saturated rings. The number of H-pyrrole nitrogens is 1. The molecule has 4 N–H and O–H groups in total. The van der Waals surface area contributed by atoms with Gasteiger partial charge in [0, 0.05) is 5.56 Å². The van der Waals surface area contributed by atoms with Crippen molar-refractivity contribution in [3.63, 3.8) is 0 Å². The SMILES string of the molecule is COc1ccc(-c2n[nH]c(CNC(=O)C3(N)CCCCC3)n2)cc1.Cl.